The number of halogens is 9. The molecule has 3 N–H and O–H groups in total. The molecular weight excluding hydrogens is 960 g/mol. The molecule has 71 heavy (non-hydrogen) atoms. The van der Waals surface area contributed by atoms with Gasteiger partial charge in [0.2, 0.25) is 0 Å². The van der Waals surface area contributed by atoms with E-state index in [1.165, 1.54) is 42.5 Å². The van der Waals surface area contributed by atoms with Gasteiger partial charge >= 0.3 is 12.4 Å². The van der Waals surface area contributed by atoms with Crippen LogP contribution in [0.25, 0.3) is 21.8 Å². The van der Waals surface area contributed by atoms with Crippen LogP contribution in [0.5, 0.6) is 23.0 Å². The number of rotatable bonds is 13. The normalized spacial score (nSPS) is 11.5. The lowest BCUT2D eigenvalue weighted by Crippen LogP contribution is -2.23. The molecule has 0 spiro atoms. The van der Waals surface area contributed by atoms with Gasteiger partial charge in [0.15, 0.2) is 0 Å². The first-order valence-corrected chi connectivity index (χ1v) is 22.3. The standard InChI is InChI=1S/C26H23F4N3O2.C18H20FN3O.C8H4ClF3O/c1-16(2)15-33-23-8-7-22(12-18(23)14-32-33)35-24-9-6-21(27)11-19(24)13-31-25(34)17-4-3-5-20(10-17)26(28,29)30;1-12(2)11-22-17-5-4-16(8-14(17)10-21-22)23-18-6-3-15(19)7-13(18)9-20;9-7(13)5-2-1-3-6(4-5)8(10,11)12/h3-12,14,16H,13,15H2,1-2H3,(H,31,34);3-8,10,12H,9,11,20H2,1-2H3;1-4H. The molecule has 0 unspecified atom stereocenters. The molecule has 1 amide bonds. The summed E-state index contributed by atoms with van der Waals surface area (Å²) in [4.78, 5) is 23.0. The second kappa shape index (κ2) is 23.1. The number of hydrogen-bond acceptors (Lipinski definition) is 7. The molecule has 0 aliphatic carbocycles. The fraction of sp³-hybridized carbons (Fsp3) is 0.231. The maximum atomic E-state index is 13.9. The van der Waals surface area contributed by atoms with Crippen molar-refractivity contribution in [2.75, 3.05) is 0 Å². The average molecular weight is 1010 g/mol. The summed E-state index contributed by atoms with van der Waals surface area (Å²) in [6.45, 7) is 10.3. The minimum atomic E-state index is -4.56. The monoisotopic (exact) mass is 1010 g/mol. The third-order valence-electron chi connectivity index (χ3n) is 10.3. The van der Waals surface area contributed by atoms with Gasteiger partial charge in [-0.3, -0.25) is 19.0 Å². The first-order chi connectivity index (χ1) is 33.6. The lowest BCUT2D eigenvalue weighted by Gasteiger charge is -2.13. The molecule has 2 aromatic heterocycles. The van der Waals surface area contributed by atoms with Gasteiger partial charge in [-0.25, -0.2) is 8.78 Å². The van der Waals surface area contributed by atoms with Gasteiger partial charge in [-0.05, 0) is 127 Å². The van der Waals surface area contributed by atoms with Crippen LogP contribution >= 0.6 is 11.6 Å². The van der Waals surface area contributed by atoms with Gasteiger partial charge in [0.05, 0.1) is 34.6 Å². The molecule has 8 rings (SSSR count). The van der Waals surface area contributed by atoms with Crippen LogP contribution in [-0.2, 0) is 38.5 Å². The van der Waals surface area contributed by atoms with Crippen LogP contribution in [0.2, 0.25) is 0 Å². The molecule has 0 aliphatic heterocycles. The fourth-order valence-electron chi connectivity index (χ4n) is 7.02. The van der Waals surface area contributed by atoms with Crippen LogP contribution in [0, 0.1) is 23.5 Å². The van der Waals surface area contributed by atoms with Gasteiger partial charge in [0.1, 0.15) is 34.6 Å². The summed E-state index contributed by atoms with van der Waals surface area (Å²) in [5, 5.41) is 12.4. The van der Waals surface area contributed by atoms with E-state index < -0.39 is 40.4 Å². The van der Waals surface area contributed by atoms with Gasteiger partial charge in [-0.2, -0.15) is 36.5 Å². The number of alkyl halides is 6. The summed E-state index contributed by atoms with van der Waals surface area (Å²) >= 11 is 5.02. The summed E-state index contributed by atoms with van der Waals surface area (Å²) in [5.74, 6) is 1.45. The van der Waals surface area contributed by atoms with Crippen molar-refractivity contribution in [3.63, 3.8) is 0 Å². The van der Waals surface area contributed by atoms with Crippen LogP contribution in [0.3, 0.4) is 0 Å². The smallest absolute Gasteiger partial charge is 0.416 e. The number of fused-ring (bicyclic) bond motifs is 2. The Morgan fingerprint density at radius 3 is 1.52 bits per heavy atom. The minimum Gasteiger partial charge on any atom is -0.457 e. The molecule has 10 nitrogen and oxygen atoms in total. The van der Waals surface area contributed by atoms with E-state index >= 15 is 0 Å². The predicted octanol–water partition coefficient (Wildman–Crippen LogP) is 13.7. The third kappa shape index (κ3) is 14.6. The Hall–Kier alpha value is -7.31. The van der Waals surface area contributed by atoms with E-state index in [-0.39, 0.29) is 30.0 Å². The zero-order valence-corrected chi connectivity index (χ0v) is 39.3. The molecule has 8 aromatic rings. The van der Waals surface area contributed by atoms with E-state index in [2.05, 4.69) is 43.2 Å². The zero-order valence-electron chi connectivity index (χ0n) is 38.6. The highest BCUT2D eigenvalue weighted by atomic mass is 35.5. The van der Waals surface area contributed by atoms with Crippen LogP contribution < -0.4 is 20.5 Å². The SMILES string of the molecule is CC(C)Cn1ncc2cc(Oc3ccc(F)cc3CN)ccc21.CC(C)Cn1ncc2cc(Oc3ccc(F)cc3CNC(=O)c3cccc(C(F)(F)F)c3)ccc21.O=C(Cl)c1cccc(C(F)(F)F)c1. The lowest BCUT2D eigenvalue weighted by atomic mass is 10.1. The number of carbonyl (C=O) groups is 2. The van der Waals surface area contributed by atoms with Crippen molar-refractivity contribution in [1.29, 1.82) is 0 Å². The maximum Gasteiger partial charge on any atom is 0.416 e. The van der Waals surface area contributed by atoms with Crippen molar-refractivity contribution in [1.82, 2.24) is 24.9 Å². The fourth-order valence-corrected chi connectivity index (χ4v) is 7.14. The summed E-state index contributed by atoms with van der Waals surface area (Å²) in [6.07, 6.45) is -5.43. The Morgan fingerprint density at radius 1 is 0.620 bits per heavy atom. The zero-order chi connectivity index (χ0) is 51.6. The van der Waals surface area contributed by atoms with Crippen molar-refractivity contribution < 1.29 is 54.2 Å². The second-order valence-electron chi connectivity index (χ2n) is 16.9. The molecule has 0 radical (unpaired) electrons. The number of nitrogens with one attached hydrogen (secondary N) is 1. The van der Waals surface area contributed by atoms with Gasteiger partial charge in [-0.1, -0.05) is 45.9 Å². The lowest BCUT2D eigenvalue weighted by molar-refractivity contribution is -0.138. The maximum absolute atomic E-state index is 13.9. The van der Waals surface area contributed by atoms with E-state index in [0.717, 1.165) is 71.3 Å². The summed E-state index contributed by atoms with van der Waals surface area (Å²) < 4.78 is 118. The molecule has 19 heteroatoms. The summed E-state index contributed by atoms with van der Waals surface area (Å²) in [6, 6.07) is 27.6. The molecule has 0 fully saturated rings. The van der Waals surface area contributed by atoms with Crippen LogP contribution in [0.1, 0.15) is 70.7 Å². The van der Waals surface area contributed by atoms with Crippen molar-refractivity contribution in [2.45, 2.75) is 66.2 Å². The number of amides is 1. The topological polar surface area (TPSA) is 126 Å². The molecule has 0 aliphatic rings. The van der Waals surface area contributed by atoms with E-state index in [1.807, 2.05) is 45.9 Å². The largest absolute Gasteiger partial charge is 0.457 e. The molecule has 0 saturated carbocycles. The van der Waals surface area contributed by atoms with Crippen LogP contribution in [0.15, 0.2) is 134 Å². The van der Waals surface area contributed by atoms with E-state index in [0.29, 0.717) is 46.0 Å². The highest BCUT2D eigenvalue weighted by Gasteiger charge is 2.32. The second-order valence-corrected chi connectivity index (χ2v) is 17.3. The van der Waals surface area contributed by atoms with E-state index in [1.54, 1.807) is 18.3 Å². The first-order valence-electron chi connectivity index (χ1n) is 21.9. The minimum absolute atomic E-state index is 0.142. The van der Waals surface area contributed by atoms with Crippen molar-refractivity contribution in [2.24, 2.45) is 17.6 Å². The quantitative estimate of drug-likeness (QED) is 0.0870. The van der Waals surface area contributed by atoms with E-state index in [9.17, 15) is 44.7 Å². The highest BCUT2D eigenvalue weighted by molar-refractivity contribution is 6.67. The number of ether oxygens (including phenoxy) is 2. The number of carbonyl (C=O) groups excluding carboxylic acids is 2. The molecule has 372 valence electrons. The predicted molar refractivity (Wildman–Crippen MR) is 254 cm³/mol. The summed E-state index contributed by atoms with van der Waals surface area (Å²) in [5.41, 5.74) is 6.55. The Balaban J connectivity index is 0.000000195. The van der Waals surface area contributed by atoms with Crippen molar-refractivity contribution in [3.8, 4) is 23.0 Å². The Bertz CT molecular complexity index is 3130. The number of nitrogens with two attached hydrogens (primary N) is 1. The van der Waals surface area contributed by atoms with Crippen LogP contribution in [-0.4, -0.2) is 30.7 Å². The van der Waals surface area contributed by atoms with Crippen molar-refractivity contribution in [3.05, 3.63) is 179 Å². The number of nitrogens with zero attached hydrogens (tertiary/aromatic N) is 4. The number of aromatic nitrogens is 4. The average Bonchev–Trinajstić information content (AvgIpc) is 3.91. The molecular formula is C52H47ClF8N6O4. The third-order valence-corrected chi connectivity index (χ3v) is 10.5. The highest BCUT2D eigenvalue weighted by Crippen LogP contribution is 2.33. The first kappa shape index (κ1) is 53.0. The van der Waals surface area contributed by atoms with E-state index in [4.69, 9.17) is 26.8 Å². The van der Waals surface area contributed by atoms with Gasteiger partial charge in [-0.15, -0.1) is 0 Å². The van der Waals surface area contributed by atoms with Gasteiger partial charge in [0.25, 0.3) is 11.1 Å². The van der Waals surface area contributed by atoms with Gasteiger partial charge < -0.3 is 20.5 Å². The number of hydrogen-bond donors (Lipinski definition) is 2. The molecule has 2 heterocycles. The van der Waals surface area contributed by atoms with Gasteiger partial charge in [0, 0.05) is 59.2 Å². The van der Waals surface area contributed by atoms with Crippen molar-refractivity contribution >= 4 is 44.6 Å². The Labute approximate surface area is 407 Å². The number of benzene rings is 6. The summed E-state index contributed by atoms with van der Waals surface area (Å²) in [7, 11) is 0. The Kier molecular flexibility index (Phi) is 17.2. The molecule has 0 saturated heterocycles. The molecule has 0 atom stereocenters. The Morgan fingerprint density at radius 2 is 1.07 bits per heavy atom. The van der Waals surface area contributed by atoms with Crippen LogP contribution in [0.4, 0.5) is 35.1 Å². The molecule has 0 bridgehead atoms. The molecule has 6 aromatic carbocycles.